The van der Waals surface area contributed by atoms with E-state index in [4.69, 9.17) is 0 Å². The molecule has 0 bridgehead atoms. The van der Waals surface area contributed by atoms with Gasteiger partial charge in [0.2, 0.25) is 0 Å². The Bertz CT molecular complexity index is 372. The number of aliphatic carboxylic acids is 1. The number of hydrogen-bond donors (Lipinski definition) is 2. The monoisotopic (exact) mass is 348 g/mol. The van der Waals surface area contributed by atoms with Gasteiger partial charge in [-0.3, -0.25) is 0 Å². The van der Waals surface area contributed by atoms with Crippen LogP contribution in [0.1, 0.15) is 84.0 Å². The van der Waals surface area contributed by atoms with Crippen LogP contribution in [0.2, 0.25) is 0 Å². The standard InChI is InChI=1S/C19H34O4.Na/c1-2-3-4-5-6-7-10-17(20)12-11-16-9-8-13-19(23,14-16)15-18(21)22;/h11-12,16-17,20,23H,2-10,13-15H2,1H3,(H,21,22);/q;+1/p-1/b12-11+;/t16-,17+,19+;/m0./s1. The smallest absolute Gasteiger partial charge is 0.550 e. The maximum Gasteiger partial charge on any atom is 1.00 e. The predicted octanol–water partition coefficient (Wildman–Crippen LogP) is -0.281. The fourth-order valence-electron chi connectivity index (χ4n) is 3.49. The molecule has 2 N–H and O–H groups in total. The molecule has 0 aliphatic heterocycles. The van der Waals surface area contributed by atoms with Crippen molar-refractivity contribution in [3.05, 3.63) is 12.2 Å². The van der Waals surface area contributed by atoms with Crippen LogP contribution in [-0.2, 0) is 4.79 Å². The minimum atomic E-state index is -1.19. The first-order valence-corrected chi connectivity index (χ1v) is 9.24. The van der Waals surface area contributed by atoms with Crippen LogP contribution in [0, 0.1) is 5.92 Å². The topological polar surface area (TPSA) is 80.6 Å². The second-order valence-corrected chi connectivity index (χ2v) is 7.14. The molecule has 5 heteroatoms. The Balaban J connectivity index is 0.00000529. The Morgan fingerprint density at radius 3 is 2.62 bits per heavy atom. The van der Waals surface area contributed by atoms with Gasteiger partial charge in [-0.05, 0) is 38.0 Å². The summed E-state index contributed by atoms with van der Waals surface area (Å²) in [5, 5.41) is 31.0. The minimum Gasteiger partial charge on any atom is -0.550 e. The molecule has 0 heterocycles. The van der Waals surface area contributed by atoms with Crippen molar-refractivity contribution in [1.82, 2.24) is 0 Å². The van der Waals surface area contributed by atoms with Gasteiger partial charge in [-0.25, -0.2) is 0 Å². The average molecular weight is 348 g/mol. The summed E-state index contributed by atoms with van der Waals surface area (Å²) < 4.78 is 0. The van der Waals surface area contributed by atoms with Gasteiger partial charge in [-0.15, -0.1) is 0 Å². The van der Waals surface area contributed by atoms with E-state index in [2.05, 4.69) is 6.92 Å². The fraction of sp³-hybridized carbons (Fsp3) is 0.842. The Labute approximate surface area is 169 Å². The Hall–Kier alpha value is 0.130. The molecule has 0 aromatic heterocycles. The summed E-state index contributed by atoms with van der Waals surface area (Å²) in [5.41, 5.74) is -1.14. The molecule has 1 rings (SSSR count). The predicted molar refractivity (Wildman–Crippen MR) is 89.7 cm³/mol. The molecule has 4 nitrogen and oxygen atoms in total. The molecular formula is C19H33NaO4. The van der Waals surface area contributed by atoms with Crippen LogP contribution in [-0.4, -0.2) is 27.9 Å². The SMILES string of the molecule is CCCCCCCC[C@@H](O)/C=C/[C@@H]1CCC[C@](O)(CC(=O)[O-])C1.[Na+]. The van der Waals surface area contributed by atoms with E-state index in [1.54, 1.807) is 0 Å². The zero-order valence-corrected chi connectivity index (χ0v) is 17.5. The molecule has 0 radical (unpaired) electrons. The maximum atomic E-state index is 10.7. The summed E-state index contributed by atoms with van der Waals surface area (Å²) in [7, 11) is 0. The normalized spacial score (nSPS) is 25.4. The first-order valence-electron chi connectivity index (χ1n) is 9.24. The second-order valence-electron chi connectivity index (χ2n) is 7.14. The van der Waals surface area contributed by atoms with Crippen molar-refractivity contribution in [3.8, 4) is 0 Å². The first-order chi connectivity index (χ1) is 10.9. The van der Waals surface area contributed by atoms with E-state index in [-0.39, 0.29) is 41.9 Å². The third kappa shape index (κ3) is 10.9. The summed E-state index contributed by atoms with van der Waals surface area (Å²) in [6, 6.07) is 0. The first kappa shape index (κ1) is 24.1. The summed E-state index contributed by atoms with van der Waals surface area (Å²) in [6.07, 6.45) is 13.8. The van der Waals surface area contributed by atoms with E-state index in [1.807, 2.05) is 12.2 Å². The molecule has 1 aliphatic carbocycles. The molecule has 0 unspecified atom stereocenters. The number of carboxylic acid groups (broad SMARTS) is 1. The van der Waals surface area contributed by atoms with E-state index in [0.717, 1.165) is 25.7 Å². The number of hydrogen-bond acceptors (Lipinski definition) is 4. The number of carbonyl (C=O) groups is 1. The molecule has 1 saturated carbocycles. The van der Waals surface area contributed by atoms with Crippen molar-refractivity contribution in [2.24, 2.45) is 5.92 Å². The van der Waals surface area contributed by atoms with Gasteiger partial charge in [0.25, 0.3) is 0 Å². The van der Waals surface area contributed by atoms with E-state index < -0.39 is 17.7 Å². The fourth-order valence-corrected chi connectivity index (χ4v) is 3.49. The summed E-state index contributed by atoms with van der Waals surface area (Å²) in [5.74, 6) is -1.05. The van der Waals surface area contributed by atoms with Crippen LogP contribution >= 0.6 is 0 Å². The third-order valence-electron chi connectivity index (χ3n) is 4.79. The molecular weight excluding hydrogens is 315 g/mol. The van der Waals surface area contributed by atoms with Gasteiger partial charge >= 0.3 is 29.6 Å². The molecule has 0 amide bonds. The Kier molecular flexibility index (Phi) is 13.4. The van der Waals surface area contributed by atoms with Gasteiger partial charge in [0.05, 0.1) is 11.7 Å². The molecule has 0 aromatic carbocycles. The largest absolute Gasteiger partial charge is 1.00 e. The van der Waals surface area contributed by atoms with Crippen molar-refractivity contribution in [2.45, 2.75) is 95.7 Å². The number of allylic oxidation sites excluding steroid dienone is 1. The Morgan fingerprint density at radius 2 is 1.96 bits per heavy atom. The summed E-state index contributed by atoms with van der Waals surface area (Å²) in [4.78, 5) is 10.7. The van der Waals surface area contributed by atoms with E-state index in [1.165, 1.54) is 32.1 Å². The molecule has 1 aliphatic rings. The summed E-state index contributed by atoms with van der Waals surface area (Å²) in [6.45, 7) is 2.20. The number of carbonyl (C=O) groups excluding carboxylic acids is 1. The number of rotatable bonds is 11. The number of unbranched alkanes of at least 4 members (excludes halogenated alkanes) is 5. The second kappa shape index (κ2) is 13.3. The van der Waals surface area contributed by atoms with Gasteiger partial charge in [0.1, 0.15) is 0 Å². The van der Waals surface area contributed by atoms with Gasteiger partial charge < -0.3 is 20.1 Å². The van der Waals surface area contributed by atoms with Crippen molar-refractivity contribution in [2.75, 3.05) is 0 Å². The van der Waals surface area contributed by atoms with Crippen molar-refractivity contribution in [1.29, 1.82) is 0 Å². The van der Waals surface area contributed by atoms with E-state index >= 15 is 0 Å². The van der Waals surface area contributed by atoms with Crippen LogP contribution in [0.3, 0.4) is 0 Å². The molecule has 0 saturated heterocycles. The minimum absolute atomic E-state index is 0. The molecule has 3 atom stereocenters. The van der Waals surface area contributed by atoms with Gasteiger partial charge in [0, 0.05) is 12.4 Å². The summed E-state index contributed by atoms with van der Waals surface area (Å²) >= 11 is 0. The van der Waals surface area contributed by atoms with Crippen molar-refractivity contribution < 1.29 is 49.7 Å². The molecule has 0 spiro atoms. The quantitative estimate of drug-likeness (QED) is 0.306. The van der Waals surface area contributed by atoms with Crippen molar-refractivity contribution in [3.63, 3.8) is 0 Å². The van der Waals surface area contributed by atoms with E-state index in [9.17, 15) is 20.1 Å². The van der Waals surface area contributed by atoms with Crippen LogP contribution in [0.5, 0.6) is 0 Å². The number of aliphatic hydroxyl groups excluding tert-OH is 1. The molecule has 24 heavy (non-hydrogen) atoms. The Morgan fingerprint density at radius 1 is 1.29 bits per heavy atom. The number of aliphatic hydroxyl groups is 2. The number of carboxylic acids is 1. The van der Waals surface area contributed by atoms with Crippen LogP contribution in [0.15, 0.2) is 12.2 Å². The zero-order chi connectivity index (χ0) is 17.1. The molecule has 0 aromatic rings. The maximum absolute atomic E-state index is 10.7. The van der Waals surface area contributed by atoms with Crippen LogP contribution < -0.4 is 34.7 Å². The van der Waals surface area contributed by atoms with Gasteiger partial charge in [-0.1, -0.05) is 57.6 Å². The average Bonchev–Trinajstić information content (AvgIpc) is 2.47. The van der Waals surface area contributed by atoms with Crippen LogP contribution in [0.25, 0.3) is 0 Å². The molecule has 1 fully saturated rings. The molecule has 134 valence electrons. The van der Waals surface area contributed by atoms with Crippen molar-refractivity contribution >= 4 is 5.97 Å². The zero-order valence-electron chi connectivity index (χ0n) is 15.5. The van der Waals surface area contributed by atoms with Gasteiger partial charge in [0.15, 0.2) is 0 Å². The van der Waals surface area contributed by atoms with E-state index in [0.29, 0.717) is 12.8 Å². The van der Waals surface area contributed by atoms with Crippen LogP contribution in [0.4, 0.5) is 0 Å². The van der Waals surface area contributed by atoms with Gasteiger partial charge in [-0.2, -0.15) is 0 Å². The third-order valence-corrected chi connectivity index (χ3v) is 4.79.